The lowest BCUT2D eigenvalue weighted by Gasteiger charge is -2.39. The number of hydrogen-bond donors (Lipinski definition) is 0. The van der Waals surface area contributed by atoms with Crippen LogP contribution < -0.4 is 0 Å². The predicted octanol–water partition coefficient (Wildman–Crippen LogP) is 10.2. The van der Waals surface area contributed by atoms with Crippen LogP contribution in [0.1, 0.15) is 138 Å². The summed E-state index contributed by atoms with van der Waals surface area (Å²) in [6.07, 6.45) is 26.5. The minimum absolute atomic E-state index is 0.846. The van der Waals surface area contributed by atoms with Gasteiger partial charge >= 0.3 is 0 Å². The van der Waals surface area contributed by atoms with Crippen molar-refractivity contribution in [2.24, 2.45) is 53.3 Å². The molecule has 186 valence electrons. The van der Waals surface area contributed by atoms with E-state index in [2.05, 4.69) is 47.5 Å². The Kier molecular flexibility index (Phi) is 12.8. The lowest BCUT2D eigenvalue weighted by molar-refractivity contribution is 0.0987. The minimum atomic E-state index is 0.846. The topological polar surface area (TPSA) is 0 Å². The van der Waals surface area contributed by atoms with E-state index in [1.807, 2.05) is 0 Å². The number of rotatable bonds is 19. The van der Waals surface area contributed by atoms with E-state index in [1.54, 1.807) is 12.8 Å². The highest BCUT2D eigenvalue weighted by atomic mass is 14.7. The Morgan fingerprint density at radius 2 is 1.56 bits per heavy atom. The van der Waals surface area contributed by atoms with Crippen LogP contribution in [-0.2, 0) is 0 Å². The molecule has 0 spiro atoms. The Balaban J connectivity index is 1.83. The van der Waals surface area contributed by atoms with Gasteiger partial charge in [0, 0.05) is 6.42 Å². The highest BCUT2D eigenvalue weighted by molar-refractivity contribution is 5.11. The normalized spacial score (nSPS) is 27.8. The van der Waals surface area contributed by atoms with Crippen molar-refractivity contribution < 1.29 is 0 Å². The Labute approximate surface area is 203 Å². The fraction of sp³-hybridized carbons (Fsp3) is 0.938. The molecule has 8 atom stereocenters. The first kappa shape index (κ1) is 27.8. The van der Waals surface area contributed by atoms with Crippen molar-refractivity contribution in [3.63, 3.8) is 0 Å². The average Bonchev–Trinajstić information content (AvgIpc) is 3.30. The van der Waals surface area contributed by atoms with E-state index in [0.29, 0.717) is 0 Å². The quantitative estimate of drug-likeness (QED) is 0.138. The highest BCUT2D eigenvalue weighted by Crippen LogP contribution is 2.69. The highest BCUT2D eigenvalue weighted by Gasteiger charge is 2.63. The molecule has 32 heavy (non-hydrogen) atoms. The molecule has 0 aliphatic heterocycles. The third-order valence-corrected chi connectivity index (χ3v) is 9.72. The molecule has 0 bridgehead atoms. The Hall–Kier alpha value is -0.440. The molecule has 0 heterocycles. The predicted molar refractivity (Wildman–Crippen MR) is 144 cm³/mol. The maximum Gasteiger partial charge on any atom is 0.00861 e. The van der Waals surface area contributed by atoms with E-state index in [4.69, 9.17) is 6.42 Å². The molecular formula is C32H58. The summed E-state index contributed by atoms with van der Waals surface area (Å²) in [6, 6.07) is 0. The van der Waals surface area contributed by atoms with Gasteiger partial charge in [-0.15, -0.1) is 12.3 Å². The van der Waals surface area contributed by atoms with E-state index in [1.165, 1.54) is 77.0 Å². The van der Waals surface area contributed by atoms with Gasteiger partial charge in [0.15, 0.2) is 0 Å². The van der Waals surface area contributed by atoms with Crippen LogP contribution in [0, 0.1) is 65.6 Å². The zero-order chi connectivity index (χ0) is 23.5. The summed E-state index contributed by atoms with van der Waals surface area (Å²) in [5.41, 5.74) is 0. The van der Waals surface area contributed by atoms with E-state index < -0.39 is 0 Å². The van der Waals surface area contributed by atoms with Crippen molar-refractivity contribution in [1.82, 2.24) is 0 Å². The Morgan fingerprint density at radius 1 is 0.844 bits per heavy atom. The van der Waals surface area contributed by atoms with Crippen molar-refractivity contribution >= 4 is 0 Å². The van der Waals surface area contributed by atoms with Gasteiger partial charge < -0.3 is 0 Å². The summed E-state index contributed by atoms with van der Waals surface area (Å²) in [5.74, 6) is 11.8. The third kappa shape index (κ3) is 8.41. The van der Waals surface area contributed by atoms with Gasteiger partial charge in [0.2, 0.25) is 0 Å². The van der Waals surface area contributed by atoms with E-state index in [-0.39, 0.29) is 0 Å². The SMILES string of the molecule is C#CCCCC(C)C(CCCCCCC(C)C)C(C)C1CC2C(CC(CC)CCCC)C12. The monoisotopic (exact) mass is 442 g/mol. The molecule has 2 aliphatic rings. The van der Waals surface area contributed by atoms with Gasteiger partial charge in [0.05, 0.1) is 0 Å². The van der Waals surface area contributed by atoms with Crippen LogP contribution in [-0.4, -0.2) is 0 Å². The van der Waals surface area contributed by atoms with Gasteiger partial charge in [-0.25, -0.2) is 0 Å². The Morgan fingerprint density at radius 3 is 2.19 bits per heavy atom. The van der Waals surface area contributed by atoms with E-state index in [0.717, 1.165) is 59.7 Å². The number of hydrogen-bond acceptors (Lipinski definition) is 0. The fourth-order valence-corrected chi connectivity index (χ4v) is 7.39. The third-order valence-electron chi connectivity index (χ3n) is 9.72. The summed E-state index contributed by atoms with van der Waals surface area (Å²) >= 11 is 0. The van der Waals surface area contributed by atoms with Crippen LogP contribution in [0.2, 0.25) is 0 Å². The number of fused-ring (bicyclic) bond motifs is 1. The van der Waals surface area contributed by atoms with Gasteiger partial charge in [-0.2, -0.15) is 0 Å². The van der Waals surface area contributed by atoms with Crippen LogP contribution in [0.3, 0.4) is 0 Å². The van der Waals surface area contributed by atoms with Gasteiger partial charge in [-0.05, 0) is 85.4 Å². The summed E-state index contributed by atoms with van der Waals surface area (Å²) in [4.78, 5) is 0. The van der Waals surface area contributed by atoms with Crippen LogP contribution in [0.25, 0.3) is 0 Å². The van der Waals surface area contributed by atoms with E-state index >= 15 is 0 Å². The van der Waals surface area contributed by atoms with Crippen molar-refractivity contribution in [2.75, 3.05) is 0 Å². The lowest BCUT2D eigenvalue weighted by atomic mass is 9.66. The lowest BCUT2D eigenvalue weighted by Crippen LogP contribution is -2.32. The molecule has 8 unspecified atom stereocenters. The molecule has 2 aliphatic carbocycles. The van der Waals surface area contributed by atoms with Crippen LogP contribution >= 0.6 is 0 Å². The summed E-state index contributed by atoms with van der Waals surface area (Å²) < 4.78 is 0. The van der Waals surface area contributed by atoms with Gasteiger partial charge in [0.25, 0.3) is 0 Å². The second-order valence-corrected chi connectivity index (χ2v) is 12.4. The second-order valence-electron chi connectivity index (χ2n) is 12.4. The maximum atomic E-state index is 5.55. The first-order valence-corrected chi connectivity index (χ1v) is 14.9. The Bertz CT molecular complexity index is 525. The van der Waals surface area contributed by atoms with Crippen molar-refractivity contribution in [1.29, 1.82) is 0 Å². The largest absolute Gasteiger partial charge is 0.120 e. The molecule has 0 amide bonds. The minimum Gasteiger partial charge on any atom is -0.120 e. The number of unbranched alkanes of at least 4 members (excludes halogenated alkanes) is 5. The fourth-order valence-electron chi connectivity index (χ4n) is 7.39. The van der Waals surface area contributed by atoms with Gasteiger partial charge in [-0.3, -0.25) is 0 Å². The molecule has 0 radical (unpaired) electrons. The average molecular weight is 443 g/mol. The molecule has 0 aromatic carbocycles. The van der Waals surface area contributed by atoms with E-state index in [9.17, 15) is 0 Å². The second kappa shape index (κ2) is 14.7. The van der Waals surface area contributed by atoms with Crippen molar-refractivity contribution in [3.8, 4) is 12.3 Å². The molecule has 0 N–H and O–H groups in total. The standard InChI is InChI=1S/C32H58/c1-8-11-15-19-25(6)28(21-17-14-13-16-18-24(4)5)26(7)29-23-31-30(32(29)31)22-27(10-3)20-12-9-2/h1,24-32H,9-23H2,2-7H3. The summed E-state index contributed by atoms with van der Waals surface area (Å²) in [6.45, 7) is 14.7. The van der Waals surface area contributed by atoms with Crippen molar-refractivity contribution in [3.05, 3.63) is 0 Å². The first-order chi connectivity index (χ1) is 15.4. The zero-order valence-corrected chi connectivity index (χ0v) is 22.9. The molecule has 2 saturated carbocycles. The van der Waals surface area contributed by atoms with Crippen LogP contribution in [0.4, 0.5) is 0 Å². The maximum absolute atomic E-state index is 5.55. The smallest absolute Gasteiger partial charge is 0.00861 e. The van der Waals surface area contributed by atoms with Crippen molar-refractivity contribution in [2.45, 2.75) is 138 Å². The molecule has 0 heteroatoms. The van der Waals surface area contributed by atoms with Crippen LogP contribution in [0.5, 0.6) is 0 Å². The van der Waals surface area contributed by atoms with Gasteiger partial charge in [0.1, 0.15) is 0 Å². The molecule has 0 nitrogen and oxygen atoms in total. The summed E-state index contributed by atoms with van der Waals surface area (Å²) in [7, 11) is 0. The zero-order valence-electron chi connectivity index (χ0n) is 22.9. The number of terminal acetylenes is 1. The molecule has 0 aromatic rings. The molecule has 0 aromatic heterocycles. The van der Waals surface area contributed by atoms with Crippen LogP contribution in [0.15, 0.2) is 0 Å². The molecule has 2 rings (SSSR count). The first-order valence-electron chi connectivity index (χ1n) is 14.9. The summed E-state index contributed by atoms with van der Waals surface area (Å²) in [5, 5.41) is 0. The molecule has 2 fully saturated rings. The molecule has 0 saturated heterocycles. The van der Waals surface area contributed by atoms with Gasteiger partial charge in [-0.1, -0.05) is 99.3 Å². The molecular weight excluding hydrogens is 384 g/mol.